The minimum atomic E-state index is 0.313. The van der Waals surface area contributed by atoms with Gasteiger partial charge in [-0.2, -0.15) is 0 Å². The van der Waals surface area contributed by atoms with Gasteiger partial charge in [-0.25, -0.2) is 0 Å². The van der Waals surface area contributed by atoms with Gasteiger partial charge in [0, 0.05) is 26.2 Å². The highest BCUT2D eigenvalue weighted by Crippen LogP contribution is 2.26. The van der Waals surface area contributed by atoms with Crippen molar-refractivity contribution in [1.82, 2.24) is 9.80 Å². The average Bonchev–Trinajstić information content (AvgIpc) is 3.02. The molecular weight excluding hydrogens is 284 g/mol. The van der Waals surface area contributed by atoms with Gasteiger partial charge in [0.2, 0.25) is 0 Å². The molecule has 2 aliphatic rings. The molecule has 2 aliphatic heterocycles. The first-order chi connectivity index (χ1) is 10.3. The van der Waals surface area contributed by atoms with Crippen LogP contribution in [-0.4, -0.2) is 55.2 Å². The summed E-state index contributed by atoms with van der Waals surface area (Å²) >= 11 is 6.15. The van der Waals surface area contributed by atoms with Crippen LogP contribution in [0.25, 0.3) is 0 Å². The Balaban J connectivity index is 1.39. The van der Waals surface area contributed by atoms with Crippen molar-refractivity contribution >= 4 is 11.6 Å². The molecule has 116 valence electrons. The summed E-state index contributed by atoms with van der Waals surface area (Å²) < 4.78 is 6.04. The summed E-state index contributed by atoms with van der Waals surface area (Å²) in [5.41, 5.74) is 0. The number of piperidine rings is 1. The predicted molar refractivity (Wildman–Crippen MR) is 87.2 cm³/mol. The van der Waals surface area contributed by atoms with E-state index in [1.54, 1.807) is 0 Å². The first-order valence-electron chi connectivity index (χ1n) is 8.17. The van der Waals surface area contributed by atoms with E-state index in [-0.39, 0.29) is 0 Å². The molecular formula is C17H25ClN2O. The van der Waals surface area contributed by atoms with Crippen LogP contribution in [-0.2, 0) is 0 Å². The smallest absolute Gasteiger partial charge is 0.138 e. The first-order valence-corrected chi connectivity index (χ1v) is 8.55. The van der Waals surface area contributed by atoms with Gasteiger partial charge < -0.3 is 14.5 Å². The summed E-state index contributed by atoms with van der Waals surface area (Å²) in [6.45, 7) is 7.32. The van der Waals surface area contributed by atoms with E-state index < -0.39 is 0 Å². The third-order valence-electron chi connectivity index (χ3n) is 4.60. The molecule has 3 nitrogen and oxygen atoms in total. The summed E-state index contributed by atoms with van der Waals surface area (Å²) in [6.07, 6.45) is 5.28. The molecule has 0 amide bonds. The zero-order valence-electron chi connectivity index (χ0n) is 12.6. The van der Waals surface area contributed by atoms with Gasteiger partial charge in [-0.3, -0.25) is 0 Å². The SMILES string of the molecule is Clc1ccccc1OC1CCN(CCN2CCCC2)CC1. The highest BCUT2D eigenvalue weighted by molar-refractivity contribution is 6.32. The molecule has 21 heavy (non-hydrogen) atoms. The van der Waals surface area contributed by atoms with E-state index in [0.29, 0.717) is 11.1 Å². The molecule has 0 atom stereocenters. The molecule has 0 spiro atoms. The van der Waals surface area contributed by atoms with Crippen molar-refractivity contribution in [3.8, 4) is 5.75 Å². The summed E-state index contributed by atoms with van der Waals surface area (Å²) in [7, 11) is 0. The Morgan fingerprint density at radius 1 is 0.952 bits per heavy atom. The Bertz CT molecular complexity index is 440. The van der Waals surface area contributed by atoms with Crippen LogP contribution >= 0.6 is 11.6 Å². The second-order valence-electron chi connectivity index (χ2n) is 6.14. The summed E-state index contributed by atoms with van der Waals surface area (Å²) in [5.74, 6) is 0.828. The van der Waals surface area contributed by atoms with Crippen LogP contribution in [0, 0.1) is 0 Å². The highest BCUT2D eigenvalue weighted by atomic mass is 35.5. The van der Waals surface area contributed by atoms with Crippen LogP contribution in [0.3, 0.4) is 0 Å². The van der Waals surface area contributed by atoms with Crippen LogP contribution in [0.2, 0.25) is 5.02 Å². The number of benzene rings is 1. The molecule has 0 bridgehead atoms. The Morgan fingerprint density at radius 2 is 1.57 bits per heavy atom. The molecule has 2 saturated heterocycles. The number of rotatable bonds is 5. The van der Waals surface area contributed by atoms with E-state index in [0.717, 1.165) is 31.7 Å². The maximum atomic E-state index is 6.15. The fourth-order valence-electron chi connectivity index (χ4n) is 3.26. The predicted octanol–water partition coefficient (Wildman–Crippen LogP) is 3.28. The van der Waals surface area contributed by atoms with Crippen LogP contribution in [0.15, 0.2) is 24.3 Å². The topological polar surface area (TPSA) is 15.7 Å². The van der Waals surface area contributed by atoms with Gasteiger partial charge in [0.1, 0.15) is 11.9 Å². The van der Waals surface area contributed by atoms with Crippen LogP contribution in [0.4, 0.5) is 0 Å². The zero-order valence-corrected chi connectivity index (χ0v) is 13.4. The maximum absolute atomic E-state index is 6.15. The van der Waals surface area contributed by atoms with E-state index in [9.17, 15) is 0 Å². The molecule has 1 aromatic rings. The largest absolute Gasteiger partial charge is 0.489 e. The van der Waals surface area contributed by atoms with E-state index in [2.05, 4.69) is 9.80 Å². The minimum Gasteiger partial charge on any atom is -0.489 e. The van der Waals surface area contributed by atoms with E-state index in [1.165, 1.54) is 39.0 Å². The fraction of sp³-hybridized carbons (Fsp3) is 0.647. The number of ether oxygens (including phenoxy) is 1. The average molecular weight is 309 g/mol. The molecule has 0 aliphatic carbocycles. The van der Waals surface area contributed by atoms with Gasteiger partial charge in [-0.05, 0) is 50.9 Å². The van der Waals surface area contributed by atoms with Crippen LogP contribution < -0.4 is 4.74 Å². The van der Waals surface area contributed by atoms with Gasteiger partial charge in [0.05, 0.1) is 5.02 Å². The number of likely N-dealkylation sites (tertiary alicyclic amines) is 2. The summed E-state index contributed by atoms with van der Waals surface area (Å²) in [6, 6.07) is 7.77. The molecule has 0 unspecified atom stereocenters. The second-order valence-corrected chi connectivity index (χ2v) is 6.55. The fourth-order valence-corrected chi connectivity index (χ4v) is 3.44. The van der Waals surface area contributed by atoms with Crippen LogP contribution in [0.1, 0.15) is 25.7 Å². The van der Waals surface area contributed by atoms with Crippen molar-refractivity contribution in [2.45, 2.75) is 31.8 Å². The number of para-hydroxylation sites is 1. The van der Waals surface area contributed by atoms with E-state index in [1.807, 2.05) is 24.3 Å². The van der Waals surface area contributed by atoms with Crippen molar-refractivity contribution in [2.24, 2.45) is 0 Å². The molecule has 0 saturated carbocycles. The van der Waals surface area contributed by atoms with Gasteiger partial charge in [0.25, 0.3) is 0 Å². The molecule has 4 heteroatoms. The van der Waals surface area contributed by atoms with Gasteiger partial charge >= 0.3 is 0 Å². The molecule has 2 heterocycles. The Labute approximate surface area is 132 Å². The van der Waals surface area contributed by atoms with E-state index in [4.69, 9.17) is 16.3 Å². The van der Waals surface area contributed by atoms with Gasteiger partial charge in [0.15, 0.2) is 0 Å². The third-order valence-corrected chi connectivity index (χ3v) is 4.91. The van der Waals surface area contributed by atoms with Crippen molar-refractivity contribution < 1.29 is 4.74 Å². The van der Waals surface area contributed by atoms with Crippen LogP contribution in [0.5, 0.6) is 5.75 Å². The lowest BCUT2D eigenvalue weighted by Crippen LogP contribution is -2.41. The third kappa shape index (κ3) is 4.35. The second kappa shape index (κ2) is 7.48. The monoisotopic (exact) mass is 308 g/mol. The number of hydrogen-bond donors (Lipinski definition) is 0. The minimum absolute atomic E-state index is 0.313. The first kappa shape index (κ1) is 15.1. The normalized spacial score (nSPS) is 21.8. The molecule has 2 fully saturated rings. The highest BCUT2D eigenvalue weighted by Gasteiger charge is 2.22. The standard InChI is InChI=1S/C17H25ClN2O/c18-16-5-1-2-6-17(16)21-15-7-11-20(12-8-15)14-13-19-9-3-4-10-19/h1-2,5-6,15H,3-4,7-14H2. The Kier molecular flexibility index (Phi) is 5.39. The maximum Gasteiger partial charge on any atom is 0.138 e. The molecule has 0 aromatic heterocycles. The molecule has 3 rings (SSSR count). The zero-order chi connectivity index (χ0) is 14.5. The molecule has 0 N–H and O–H groups in total. The summed E-state index contributed by atoms with van der Waals surface area (Å²) in [4.78, 5) is 5.16. The number of halogens is 1. The lowest BCUT2D eigenvalue weighted by Gasteiger charge is -2.33. The van der Waals surface area contributed by atoms with E-state index >= 15 is 0 Å². The number of nitrogens with zero attached hydrogens (tertiary/aromatic N) is 2. The lowest BCUT2D eigenvalue weighted by atomic mass is 10.1. The Morgan fingerprint density at radius 3 is 2.24 bits per heavy atom. The van der Waals surface area contributed by atoms with Crippen molar-refractivity contribution in [3.05, 3.63) is 29.3 Å². The van der Waals surface area contributed by atoms with Gasteiger partial charge in [-0.15, -0.1) is 0 Å². The van der Waals surface area contributed by atoms with Crippen molar-refractivity contribution in [2.75, 3.05) is 39.3 Å². The quantitative estimate of drug-likeness (QED) is 0.830. The van der Waals surface area contributed by atoms with Crippen molar-refractivity contribution in [1.29, 1.82) is 0 Å². The number of hydrogen-bond acceptors (Lipinski definition) is 3. The summed E-state index contributed by atoms with van der Waals surface area (Å²) in [5, 5.41) is 0.717. The Hall–Kier alpha value is -0.770. The lowest BCUT2D eigenvalue weighted by molar-refractivity contribution is 0.0950. The molecule has 1 aromatic carbocycles. The van der Waals surface area contributed by atoms with Gasteiger partial charge in [-0.1, -0.05) is 23.7 Å². The molecule has 0 radical (unpaired) electrons. The van der Waals surface area contributed by atoms with Crippen molar-refractivity contribution in [3.63, 3.8) is 0 Å².